The second-order valence-electron chi connectivity index (χ2n) is 10.5. The Morgan fingerprint density at radius 2 is 1.73 bits per heavy atom. The zero-order chi connectivity index (χ0) is 30.2. The van der Waals surface area contributed by atoms with Crippen molar-refractivity contribution in [3.8, 4) is 28.5 Å². The third-order valence-corrected chi connectivity index (χ3v) is 7.03. The minimum Gasteiger partial charge on any atom is -0.504 e. The van der Waals surface area contributed by atoms with Crippen LogP contribution in [0.3, 0.4) is 0 Å². The van der Waals surface area contributed by atoms with Crippen LogP contribution in [0.1, 0.15) is 38.3 Å². The molecule has 0 saturated carbocycles. The number of hydrogen-bond donors (Lipinski definition) is 5. The van der Waals surface area contributed by atoms with Gasteiger partial charge in [0.05, 0.1) is 11.9 Å². The van der Waals surface area contributed by atoms with Gasteiger partial charge in [-0.25, -0.2) is 23.2 Å². The molecule has 0 atom stereocenters. The van der Waals surface area contributed by atoms with Crippen molar-refractivity contribution in [1.82, 2.24) is 19.6 Å². The van der Waals surface area contributed by atoms with Gasteiger partial charge in [-0.05, 0) is 69.0 Å². The number of alkyl carbamates (subject to hydrolysis) is 1. The molecule has 0 aliphatic carbocycles. The number of amides is 1. The molecule has 13 heteroatoms. The van der Waals surface area contributed by atoms with Crippen LogP contribution in [-0.2, 0) is 27.7 Å². The molecule has 41 heavy (non-hydrogen) atoms. The Balaban J connectivity index is 1.61. The summed E-state index contributed by atoms with van der Waals surface area (Å²) in [7, 11) is -3.51. The lowest BCUT2D eigenvalue weighted by atomic mass is 10.1. The number of ether oxygens (including phenoxy) is 1. The number of benzene rings is 2. The Morgan fingerprint density at radius 1 is 1.02 bits per heavy atom. The molecule has 0 fully saturated rings. The van der Waals surface area contributed by atoms with Gasteiger partial charge in [-0.2, -0.15) is 4.31 Å². The third-order valence-electron chi connectivity index (χ3n) is 5.79. The molecule has 3 rings (SSSR count). The van der Waals surface area contributed by atoms with Gasteiger partial charge in [-0.15, -0.1) is 0 Å². The van der Waals surface area contributed by atoms with Gasteiger partial charge >= 0.3 is 6.09 Å². The fraction of sp³-hybridized carbons (Fsp3) is 0.393. The molecule has 1 amide bonds. The standard InChI is InChI=1S/C28H37N5O7S/c1-28(2,3)40-27(37)31-11-6-14-33(41(4,38)39)18-20-7-5-8-21(15-20)22-10-13-30-26(32-22)29-12-9-19-16-23(34)25(36)24(35)17-19/h5,7-8,10,13,15-17,34-36H,6,9,11-12,14,18H2,1-4H3,(H,31,37)(H,29,30,32). The van der Waals surface area contributed by atoms with Gasteiger partial charge in [0.1, 0.15) is 5.60 Å². The number of phenols is 3. The number of carbonyl (C=O) groups excluding carboxylic acids is 1. The number of anilines is 1. The van der Waals surface area contributed by atoms with E-state index in [1.165, 1.54) is 16.4 Å². The Hall–Kier alpha value is -4.10. The summed E-state index contributed by atoms with van der Waals surface area (Å²) in [4.78, 5) is 20.6. The largest absolute Gasteiger partial charge is 0.504 e. The summed E-state index contributed by atoms with van der Waals surface area (Å²) >= 11 is 0. The number of nitrogens with zero attached hydrogens (tertiary/aromatic N) is 3. The van der Waals surface area contributed by atoms with Crippen LogP contribution >= 0.6 is 0 Å². The Kier molecular flexibility index (Phi) is 10.4. The lowest BCUT2D eigenvalue weighted by Crippen LogP contribution is -2.35. The first kappa shape index (κ1) is 31.4. The van der Waals surface area contributed by atoms with Gasteiger partial charge in [-0.1, -0.05) is 18.2 Å². The van der Waals surface area contributed by atoms with Crippen LogP contribution in [0.15, 0.2) is 48.7 Å². The second kappa shape index (κ2) is 13.5. The van der Waals surface area contributed by atoms with E-state index in [2.05, 4.69) is 20.6 Å². The first-order valence-electron chi connectivity index (χ1n) is 13.0. The molecule has 0 aliphatic rings. The van der Waals surface area contributed by atoms with Crippen LogP contribution in [0.25, 0.3) is 11.3 Å². The number of carbonyl (C=O) groups is 1. The molecule has 3 aromatic rings. The topological polar surface area (TPSA) is 174 Å². The van der Waals surface area contributed by atoms with Crippen molar-refractivity contribution in [3.63, 3.8) is 0 Å². The number of nitrogens with one attached hydrogen (secondary N) is 2. The van der Waals surface area contributed by atoms with E-state index in [1.54, 1.807) is 33.0 Å². The van der Waals surface area contributed by atoms with E-state index in [4.69, 9.17) is 4.74 Å². The predicted octanol–water partition coefficient (Wildman–Crippen LogP) is 3.59. The van der Waals surface area contributed by atoms with E-state index in [9.17, 15) is 28.5 Å². The summed E-state index contributed by atoms with van der Waals surface area (Å²) in [5.41, 5.74) is 2.19. The number of hydrogen-bond acceptors (Lipinski definition) is 10. The van der Waals surface area contributed by atoms with E-state index in [-0.39, 0.29) is 19.6 Å². The van der Waals surface area contributed by atoms with Crippen LogP contribution < -0.4 is 10.6 Å². The van der Waals surface area contributed by atoms with E-state index < -0.39 is 39.0 Å². The van der Waals surface area contributed by atoms with Gasteiger partial charge in [0.25, 0.3) is 0 Å². The molecule has 12 nitrogen and oxygen atoms in total. The van der Waals surface area contributed by atoms with Crippen molar-refractivity contribution < 1.29 is 33.3 Å². The maximum atomic E-state index is 12.5. The highest BCUT2D eigenvalue weighted by Gasteiger charge is 2.19. The van der Waals surface area contributed by atoms with Crippen LogP contribution in [0.2, 0.25) is 0 Å². The summed E-state index contributed by atoms with van der Waals surface area (Å²) < 4.78 is 31.5. The molecule has 0 bridgehead atoms. The summed E-state index contributed by atoms with van der Waals surface area (Å²) in [6, 6.07) is 11.9. The normalized spacial score (nSPS) is 11.8. The number of aromatic hydroxyl groups is 3. The molecule has 1 aromatic heterocycles. The maximum absolute atomic E-state index is 12.5. The van der Waals surface area contributed by atoms with Crippen molar-refractivity contribution in [3.05, 3.63) is 59.8 Å². The molecule has 222 valence electrons. The average Bonchev–Trinajstić information content (AvgIpc) is 2.87. The molecule has 5 N–H and O–H groups in total. The minimum absolute atomic E-state index is 0.154. The lowest BCUT2D eigenvalue weighted by Gasteiger charge is -2.22. The van der Waals surface area contributed by atoms with Crippen LogP contribution in [0, 0.1) is 0 Å². The van der Waals surface area contributed by atoms with Gasteiger partial charge in [0.2, 0.25) is 16.0 Å². The van der Waals surface area contributed by atoms with Crippen LogP contribution in [0.5, 0.6) is 17.2 Å². The smallest absolute Gasteiger partial charge is 0.407 e. The monoisotopic (exact) mass is 587 g/mol. The fourth-order valence-corrected chi connectivity index (χ4v) is 4.73. The molecular formula is C28H37N5O7S. The summed E-state index contributed by atoms with van der Waals surface area (Å²) in [5, 5.41) is 34.6. The Bertz CT molecular complexity index is 1440. The van der Waals surface area contributed by atoms with Crippen molar-refractivity contribution >= 4 is 22.1 Å². The highest BCUT2D eigenvalue weighted by molar-refractivity contribution is 7.88. The molecule has 2 aromatic carbocycles. The highest BCUT2D eigenvalue weighted by Crippen LogP contribution is 2.35. The van der Waals surface area contributed by atoms with Gasteiger partial charge < -0.3 is 30.7 Å². The summed E-state index contributed by atoms with van der Waals surface area (Å²) in [6.45, 7) is 6.35. The van der Waals surface area contributed by atoms with Crippen LogP contribution in [-0.4, -0.2) is 75.6 Å². The minimum atomic E-state index is -3.51. The van der Waals surface area contributed by atoms with Gasteiger partial charge in [0.15, 0.2) is 17.2 Å². The predicted molar refractivity (Wildman–Crippen MR) is 155 cm³/mol. The molecule has 0 aliphatic heterocycles. The highest BCUT2D eigenvalue weighted by atomic mass is 32.2. The summed E-state index contributed by atoms with van der Waals surface area (Å²) in [5.74, 6) is -0.986. The van der Waals surface area contributed by atoms with Crippen molar-refractivity contribution in [2.24, 2.45) is 0 Å². The second-order valence-corrected chi connectivity index (χ2v) is 12.5. The van der Waals surface area contributed by atoms with Gasteiger partial charge in [-0.3, -0.25) is 0 Å². The number of sulfonamides is 1. The summed E-state index contributed by atoms with van der Waals surface area (Å²) in [6.07, 6.45) is 3.06. The first-order chi connectivity index (χ1) is 19.2. The van der Waals surface area contributed by atoms with Crippen molar-refractivity contribution in [2.75, 3.05) is 31.2 Å². The Morgan fingerprint density at radius 3 is 2.39 bits per heavy atom. The third kappa shape index (κ3) is 10.1. The molecular weight excluding hydrogens is 550 g/mol. The first-order valence-corrected chi connectivity index (χ1v) is 14.9. The lowest BCUT2D eigenvalue weighted by molar-refractivity contribution is 0.0526. The molecule has 1 heterocycles. The van der Waals surface area contributed by atoms with E-state index >= 15 is 0 Å². The number of aromatic nitrogens is 2. The van der Waals surface area contributed by atoms with Gasteiger partial charge in [0, 0.05) is 37.9 Å². The molecule has 0 spiro atoms. The molecule has 0 radical (unpaired) electrons. The maximum Gasteiger partial charge on any atom is 0.407 e. The van der Waals surface area contributed by atoms with Crippen molar-refractivity contribution in [2.45, 2.75) is 45.8 Å². The van der Waals surface area contributed by atoms with E-state index in [0.29, 0.717) is 36.6 Å². The average molecular weight is 588 g/mol. The Labute approximate surface area is 240 Å². The zero-order valence-electron chi connectivity index (χ0n) is 23.6. The van der Waals surface area contributed by atoms with E-state index in [0.717, 1.165) is 17.4 Å². The van der Waals surface area contributed by atoms with Crippen molar-refractivity contribution in [1.29, 1.82) is 0 Å². The quantitative estimate of drug-likeness (QED) is 0.156. The SMILES string of the molecule is CC(C)(C)OC(=O)NCCCN(Cc1cccc(-c2ccnc(NCCc3cc(O)c(O)c(O)c3)n2)c1)S(C)(=O)=O. The van der Waals surface area contributed by atoms with Crippen LogP contribution in [0.4, 0.5) is 10.7 Å². The fourth-order valence-electron chi connectivity index (χ4n) is 3.88. The van der Waals surface area contributed by atoms with E-state index in [1.807, 2.05) is 24.3 Å². The zero-order valence-corrected chi connectivity index (χ0v) is 24.4. The molecule has 0 unspecified atom stereocenters. The number of rotatable bonds is 12. The molecule has 0 saturated heterocycles. The number of phenolic OH excluding ortho intramolecular Hbond substituents is 3.